The first-order valence-corrected chi connectivity index (χ1v) is 8.55. The molecule has 6 heteroatoms. The molecule has 6 nitrogen and oxygen atoms in total. The number of esters is 1. The molecule has 0 spiro atoms. The summed E-state index contributed by atoms with van der Waals surface area (Å²) in [4.78, 5) is 23.9. The Morgan fingerprint density at radius 3 is 2.41 bits per heavy atom. The second-order valence-electron chi connectivity index (χ2n) is 5.64. The Kier molecular flexibility index (Phi) is 7.43. The van der Waals surface area contributed by atoms with Gasteiger partial charge >= 0.3 is 5.97 Å². The van der Waals surface area contributed by atoms with E-state index >= 15 is 0 Å². The van der Waals surface area contributed by atoms with E-state index in [0.717, 1.165) is 12.0 Å². The summed E-state index contributed by atoms with van der Waals surface area (Å²) >= 11 is 0. The first-order valence-electron chi connectivity index (χ1n) is 8.55. The number of anilines is 1. The molecule has 0 radical (unpaired) electrons. The van der Waals surface area contributed by atoms with Crippen LogP contribution in [0.3, 0.4) is 0 Å². The van der Waals surface area contributed by atoms with Gasteiger partial charge in [-0.25, -0.2) is 4.79 Å². The zero-order chi connectivity index (χ0) is 19.6. The van der Waals surface area contributed by atoms with Gasteiger partial charge in [0.25, 0.3) is 0 Å². The fraction of sp³-hybridized carbons (Fsp3) is 0.238. The molecule has 0 fully saturated rings. The van der Waals surface area contributed by atoms with Crippen molar-refractivity contribution in [3.05, 3.63) is 59.7 Å². The van der Waals surface area contributed by atoms with Crippen LogP contribution in [0, 0.1) is 0 Å². The summed E-state index contributed by atoms with van der Waals surface area (Å²) in [5.41, 5.74) is 1.74. The van der Waals surface area contributed by atoms with E-state index in [2.05, 4.69) is 5.32 Å². The normalized spacial score (nSPS) is 10.5. The lowest BCUT2D eigenvalue weighted by molar-refractivity contribution is -0.111. The summed E-state index contributed by atoms with van der Waals surface area (Å²) in [6, 6.07) is 11.9. The quantitative estimate of drug-likeness (QED) is 0.564. The highest BCUT2D eigenvalue weighted by Crippen LogP contribution is 2.25. The number of benzene rings is 2. The fourth-order valence-electron chi connectivity index (χ4n) is 2.29. The molecule has 142 valence electrons. The van der Waals surface area contributed by atoms with Crippen LogP contribution in [0.1, 0.15) is 29.3 Å². The average molecular weight is 369 g/mol. The van der Waals surface area contributed by atoms with Crippen molar-refractivity contribution in [2.45, 2.75) is 13.3 Å². The third-order valence-electron chi connectivity index (χ3n) is 3.68. The molecule has 0 saturated heterocycles. The molecule has 0 aliphatic carbocycles. The van der Waals surface area contributed by atoms with Crippen LogP contribution >= 0.6 is 0 Å². The topological polar surface area (TPSA) is 73.9 Å². The van der Waals surface area contributed by atoms with Crippen LogP contribution in [0.4, 0.5) is 5.69 Å². The van der Waals surface area contributed by atoms with Gasteiger partial charge in [0, 0.05) is 17.3 Å². The second-order valence-corrected chi connectivity index (χ2v) is 5.64. The summed E-state index contributed by atoms with van der Waals surface area (Å²) in [7, 11) is 3.13. The van der Waals surface area contributed by atoms with Crippen molar-refractivity contribution in [3.63, 3.8) is 0 Å². The lowest BCUT2D eigenvalue weighted by atomic mass is 10.1. The van der Waals surface area contributed by atoms with E-state index in [-0.39, 0.29) is 11.9 Å². The number of hydrogen-bond acceptors (Lipinski definition) is 5. The Morgan fingerprint density at radius 1 is 1.04 bits per heavy atom. The highest BCUT2D eigenvalue weighted by Gasteiger charge is 2.07. The maximum atomic E-state index is 12.1. The van der Waals surface area contributed by atoms with Crippen molar-refractivity contribution in [2.24, 2.45) is 0 Å². The van der Waals surface area contributed by atoms with Gasteiger partial charge in [-0.1, -0.05) is 6.92 Å². The van der Waals surface area contributed by atoms with Crippen LogP contribution in [0.25, 0.3) is 6.08 Å². The van der Waals surface area contributed by atoms with Gasteiger partial charge in [0.1, 0.15) is 11.5 Å². The number of carbonyl (C=O) groups excluding carboxylic acids is 2. The molecular formula is C21H23NO5. The number of nitrogens with one attached hydrogen (secondary N) is 1. The summed E-state index contributed by atoms with van der Waals surface area (Å²) < 4.78 is 15.5. The first-order chi connectivity index (χ1) is 13.1. The minimum absolute atomic E-state index is 0.304. The first kappa shape index (κ1) is 20.0. The minimum atomic E-state index is -0.375. The largest absolute Gasteiger partial charge is 0.497 e. The summed E-state index contributed by atoms with van der Waals surface area (Å²) in [6.45, 7) is 2.32. The summed E-state index contributed by atoms with van der Waals surface area (Å²) in [5, 5.41) is 2.74. The molecule has 0 bridgehead atoms. The molecule has 27 heavy (non-hydrogen) atoms. The predicted octanol–water partition coefficient (Wildman–Crippen LogP) is 3.92. The standard InChI is InChI=1S/C21H23NO5/c1-4-13-27-21(24)15-5-8-17(9-6-15)22-20(23)12-7-16-14-18(25-2)10-11-19(16)26-3/h5-12,14H,4,13H2,1-3H3,(H,22,23). The van der Waals surface area contributed by atoms with Crippen molar-refractivity contribution in [3.8, 4) is 11.5 Å². The van der Waals surface area contributed by atoms with Crippen LogP contribution in [0.15, 0.2) is 48.5 Å². The molecule has 1 amide bonds. The van der Waals surface area contributed by atoms with Gasteiger partial charge in [-0.2, -0.15) is 0 Å². The average Bonchev–Trinajstić information content (AvgIpc) is 2.70. The molecular weight excluding hydrogens is 346 g/mol. The monoisotopic (exact) mass is 369 g/mol. The minimum Gasteiger partial charge on any atom is -0.497 e. The molecule has 0 atom stereocenters. The van der Waals surface area contributed by atoms with Gasteiger partial charge in [-0.05, 0) is 55.0 Å². The van der Waals surface area contributed by atoms with E-state index < -0.39 is 0 Å². The van der Waals surface area contributed by atoms with Crippen LogP contribution in [-0.2, 0) is 9.53 Å². The molecule has 0 heterocycles. The molecule has 0 aliphatic rings. The molecule has 2 aromatic carbocycles. The zero-order valence-corrected chi connectivity index (χ0v) is 15.7. The number of methoxy groups -OCH3 is 2. The third-order valence-corrected chi connectivity index (χ3v) is 3.68. The lowest BCUT2D eigenvalue weighted by Crippen LogP contribution is -2.09. The van der Waals surface area contributed by atoms with E-state index in [1.807, 2.05) is 6.92 Å². The van der Waals surface area contributed by atoms with E-state index in [0.29, 0.717) is 29.4 Å². The molecule has 0 aromatic heterocycles. The maximum Gasteiger partial charge on any atom is 0.338 e. The van der Waals surface area contributed by atoms with Gasteiger partial charge in [-0.3, -0.25) is 4.79 Å². The Labute approximate surface area is 158 Å². The van der Waals surface area contributed by atoms with Gasteiger partial charge in [0.15, 0.2) is 0 Å². The number of rotatable bonds is 8. The molecule has 2 aromatic rings. The van der Waals surface area contributed by atoms with Crippen LogP contribution < -0.4 is 14.8 Å². The van der Waals surface area contributed by atoms with E-state index in [1.54, 1.807) is 62.8 Å². The number of carbonyl (C=O) groups is 2. The highest BCUT2D eigenvalue weighted by molar-refractivity contribution is 6.02. The second kappa shape index (κ2) is 10.0. The van der Waals surface area contributed by atoms with Crippen LogP contribution in [0.5, 0.6) is 11.5 Å². The Hall–Kier alpha value is -3.28. The fourth-order valence-corrected chi connectivity index (χ4v) is 2.29. The van der Waals surface area contributed by atoms with Crippen LogP contribution in [0.2, 0.25) is 0 Å². The Morgan fingerprint density at radius 2 is 1.78 bits per heavy atom. The van der Waals surface area contributed by atoms with Crippen molar-refractivity contribution >= 4 is 23.6 Å². The molecule has 0 aliphatic heterocycles. The smallest absolute Gasteiger partial charge is 0.338 e. The summed E-state index contributed by atoms with van der Waals surface area (Å²) in [5.74, 6) is 0.622. The Balaban J connectivity index is 2.01. The summed E-state index contributed by atoms with van der Waals surface area (Å²) in [6.07, 6.45) is 3.82. The van der Waals surface area contributed by atoms with Crippen LogP contribution in [-0.4, -0.2) is 32.7 Å². The van der Waals surface area contributed by atoms with Crippen molar-refractivity contribution in [1.29, 1.82) is 0 Å². The highest BCUT2D eigenvalue weighted by atomic mass is 16.5. The van der Waals surface area contributed by atoms with Gasteiger partial charge in [0.2, 0.25) is 5.91 Å². The maximum absolute atomic E-state index is 12.1. The number of ether oxygens (including phenoxy) is 3. The van der Waals surface area contributed by atoms with E-state index in [1.165, 1.54) is 6.08 Å². The molecule has 1 N–H and O–H groups in total. The van der Waals surface area contributed by atoms with Crippen molar-refractivity contribution in [1.82, 2.24) is 0 Å². The molecule has 2 rings (SSSR count). The lowest BCUT2D eigenvalue weighted by Gasteiger charge is -2.07. The third kappa shape index (κ3) is 5.88. The van der Waals surface area contributed by atoms with E-state index in [9.17, 15) is 9.59 Å². The van der Waals surface area contributed by atoms with Crippen molar-refractivity contribution < 1.29 is 23.8 Å². The van der Waals surface area contributed by atoms with Gasteiger partial charge < -0.3 is 19.5 Å². The Bertz CT molecular complexity index is 812. The van der Waals surface area contributed by atoms with E-state index in [4.69, 9.17) is 14.2 Å². The number of amides is 1. The molecule has 0 saturated carbocycles. The zero-order valence-electron chi connectivity index (χ0n) is 15.7. The SMILES string of the molecule is CCCOC(=O)c1ccc(NC(=O)C=Cc2cc(OC)ccc2OC)cc1. The van der Waals surface area contributed by atoms with Crippen molar-refractivity contribution in [2.75, 3.05) is 26.1 Å². The predicted molar refractivity (Wildman–Crippen MR) is 104 cm³/mol. The van der Waals surface area contributed by atoms with Gasteiger partial charge in [-0.15, -0.1) is 0 Å². The molecule has 0 unspecified atom stereocenters. The van der Waals surface area contributed by atoms with Gasteiger partial charge in [0.05, 0.1) is 26.4 Å². The number of hydrogen-bond donors (Lipinski definition) is 1.